The summed E-state index contributed by atoms with van der Waals surface area (Å²) in [7, 11) is 1.75. The van der Waals surface area contributed by atoms with Crippen LogP contribution in [-0.4, -0.2) is 25.1 Å². The number of methoxy groups -OCH3 is 1. The highest BCUT2D eigenvalue weighted by atomic mass is 16.5. The van der Waals surface area contributed by atoms with E-state index in [1.54, 1.807) is 18.2 Å². The molecule has 1 saturated heterocycles. The molecule has 4 aliphatic rings. The van der Waals surface area contributed by atoms with E-state index in [4.69, 9.17) is 4.74 Å². The molecule has 4 unspecified atom stereocenters. The Kier molecular flexibility index (Phi) is 4.65. The Morgan fingerprint density at radius 1 is 0.871 bits per heavy atom. The maximum absolute atomic E-state index is 5.41. The molecule has 3 aliphatic carbocycles. The average molecular weight is 410 g/mol. The summed E-state index contributed by atoms with van der Waals surface area (Å²) in [6.45, 7) is 3.56. The quantitative estimate of drug-likeness (QED) is 0.498. The zero-order valence-electron chi connectivity index (χ0n) is 18.3. The molecule has 2 nitrogen and oxygen atoms in total. The zero-order chi connectivity index (χ0) is 20.8. The van der Waals surface area contributed by atoms with Crippen LogP contribution in [0.3, 0.4) is 0 Å². The fraction of sp³-hybridized carbons (Fsp3) is 0.379. The molecule has 7 rings (SSSR count). The molecule has 1 saturated carbocycles. The van der Waals surface area contributed by atoms with Gasteiger partial charge in [-0.25, -0.2) is 0 Å². The van der Waals surface area contributed by atoms with Gasteiger partial charge in [0.05, 0.1) is 7.11 Å². The fourth-order valence-electron chi connectivity index (χ4n) is 6.97. The molecule has 2 bridgehead atoms. The van der Waals surface area contributed by atoms with Crippen molar-refractivity contribution in [2.45, 2.75) is 43.6 Å². The summed E-state index contributed by atoms with van der Waals surface area (Å²) in [4.78, 5) is 2.71. The fourth-order valence-corrected chi connectivity index (χ4v) is 6.97. The second-order valence-electron chi connectivity index (χ2n) is 9.92. The highest BCUT2D eigenvalue weighted by molar-refractivity contribution is 5.46. The predicted octanol–water partition coefficient (Wildman–Crippen LogP) is 6.35. The smallest absolute Gasteiger partial charge is 0.118 e. The monoisotopic (exact) mass is 409 g/mol. The second kappa shape index (κ2) is 7.53. The molecule has 3 aromatic rings. The summed E-state index contributed by atoms with van der Waals surface area (Å²) in [5, 5.41) is 0. The van der Waals surface area contributed by atoms with Crippen LogP contribution in [0.25, 0.3) is 0 Å². The van der Waals surface area contributed by atoms with Crippen LogP contribution in [0.5, 0.6) is 5.75 Å². The second-order valence-corrected chi connectivity index (χ2v) is 9.92. The van der Waals surface area contributed by atoms with E-state index in [9.17, 15) is 0 Å². The Balaban J connectivity index is 1.30. The van der Waals surface area contributed by atoms with Crippen molar-refractivity contribution in [2.24, 2.45) is 5.41 Å². The Morgan fingerprint density at radius 3 is 2.39 bits per heavy atom. The number of nitrogens with zero attached hydrogens (tertiary/aromatic N) is 1. The highest BCUT2D eigenvalue weighted by Crippen LogP contribution is 2.65. The molecule has 0 aromatic heterocycles. The summed E-state index contributed by atoms with van der Waals surface area (Å²) in [5.41, 5.74) is 6.63. The number of hydrogen-bond donors (Lipinski definition) is 0. The van der Waals surface area contributed by atoms with Crippen LogP contribution >= 0.6 is 0 Å². The van der Waals surface area contributed by atoms with Crippen molar-refractivity contribution in [1.29, 1.82) is 0 Å². The van der Waals surface area contributed by atoms with E-state index in [0.717, 1.165) is 12.3 Å². The van der Waals surface area contributed by atoms with Gasteiger partial charge in [0.2, 0.25) is 0 Å². The third-order valence-corrected chi connectivity index (χ3v) is 8.37. The van der Waals surface area contributed by atoms with Gasteiger partial charge < -0.3 is 4.74 Å². The molecular weight excluding hydrogens is 378 g/mol. The largest absolute Gasteiger partial charge is 0.497 e. The predicted molar refractivity (Wildman–Crippen MR) is 126 cm³/mol. The lowest BCUT2D eigenvalue weighted by Gasteiger charge is -2.54. The highest BCUT2D eigenvalue weighted by Gasteiger charge is 2.55. The molecule has 0 radical (unpaired) electrons. The van der Waals surface area contributed by atoms with Crippen LogP contribution < -0.4 is 4.74 Å². The van der Waals surface area contributed by atoms with Gasteiger partial charge in [0.15, 0.2) is 0 Å². The normalized spacial score (nSPS) is 29.3. The van der Waals surface area contributed by atoms with Crippen molar-refractivity contribution in [1.82, 2.24) is 4.90 Å². The maximum Gasteiger partial charge on any atom is 0.118 e. The molecule has 2 fully saturated rings. The lowest BCUT2D eigenvalue weighted by molar-refractivity contribution is 0.101. The SMILES string of the molecule is COc1ccc(C2CC3c4ccccc4C2CC32CCN(Cc3ccccc3)C2)cc1. The van der Waals surface area contributed by atoms with Crippen LogP contribution in [-0.2, 0) is 6.54 Å². The molecule has 158 valence electrons. The van der Waals surface area contributed by atoms with Crippen molar-refractivity contribution in [3.63, 3.8) is 0 Å². The number of likely N-dealkylation sites (tertiary alicyclic amines) is 1. The van der Waals surface area contributed by atoms with Gasteiger partial charge in [0, 0.05) is 13.1 Å². The molecule has 0 N–H and O–H groups in total. The third kappa shape index (κ3) is 3.20. The summed E-state index contributed by atoms with van der Waals surface area (Å²) in [6.07, 6.45) is 3.95. The van der Waals surface area contributed by atoms with Crippen molar-refractivity contribution in [3.8, 4) is 5.75 Å². The van der Waals surface area contributed by atoms with Gasteiger partial charge in [0.25, 0.3) is 0 Å². The van der Waals surface area contributed by atoms with Gasteiger partial charge in [-0.15, -0.1) is 0 Å². The molecule has 31 heavy (non-hydrogen) atoms. The standard InChI is InChI=1S/C29H31NO/c1-31-23-13-11-22(12-14-23)26-17-28-25-10-6-5-9-24(25)27(26)18-29(28)15-16-30(20-29)19-21-7-3-2-4-8-21/h2-14,26-28H,15-20H2,1H3. The minimum Gasteiger partial charge on any atom is -0.497 e. The van der Waals surface area contributed by atoms with E-state index in [0.29, 0.717) is 23.2 Å². The Bertz CT molecular complexity index is 1060. The number of fused-ring (bicyclic) bond motifs is 1. The van der Waals surface area contributed by atoms with E-state index < -0.39 is 0 Å². The van der Waals surface area contributed by atoms with E-state index in [2.05, 4.69) is 83.8 Å². The van der Waals surface area contributed by atoms with E-state index >= 15 is 0 Å². The minimum atomic E-state index is 0.441. The van der Waals surface area contributed by atoms with Gasteiger partial charge in [-0.1, -0.05) is 66.7 Å². The van der Waals surface area contributed by atoms with E-state index in [1.807, 2.05) is 0 Å². The van der Waals surface area contributed by atoms with E-state index in [-0.39, 0.29) is 0 Å². The van der Waals surface area contributed by atoms with E-state index in [1.165, 1.54) is 43.5 Å². The Hall–Kier alpha value is -2.58. The van der Waals surface area contributed by atoms with Crippen LogP contribution in [0.2, 0.25) is 0 Å². The first-order valence-electron chi connectivity index (χ1n) is 11.7. The average Bonchev–Trinajstić information content (AvgIpc) is 3.22. The summed E-state index contributed by atoms with van der Waals surface area (Å²) < 4.78 is 5.41. The van der Waals surface area contributed by atoms with Crippen molar-refractivity contribution < 1.29 is 4.74 Å². The molecule has 1 spiro atoms. The molecule has 1 heterocycles. The Morgan fingerprint density at radius 2 is 1.61 bits per heavy atom. The molecule has 3 aromatic carbocycles. The third-order valence-electron chi connectivity index (χ3n) is 8.37. The van der Waals surface area contributed by atoms with Gasteiger partial charge in [-0.3, -0.25) is 4.90 Å². The van der Waals surface area contributed by atoms with Crippen LogP contribution in [0, 0.1) is 5.41 Å². The first-order valence-corrected chi connectivity index (χ1v) is 11.7. The lowest BCUT2D eigenvalue weighted by Crippen LogP contribution is -2.44. The summed E-state index contributed by atoms with van der Waals surface area (Å²) >= 11 is 0. The van der Waals surface area contributed by atoms with Crippen LogP contribution in [0.1, 0.15) is 59.3 Å². The number of benzene rings is 3. The molecule has 2 heteroatoms. The summed E-state index contributed by atoms with van der Waals surface area (Å²) in [5.74, 6) is 2.88. The molecule has 1 aliphatic heterocycles. The molecule has 0 amide bonds. The van der Waals surface area contributed by atoms with Gasteiger partial charge in [-0.05, 0) is 83.4 Å². The molecular formula is C29H31NO. The van der Waals surface area contributed by atoms with Crippen LogP contribution in [0.4, 0.5) is 0 Å². The lowest BCUT2D eigenvalue weighted by atomic mass is 9.49. The zero-order valence-corrected chi connectivity index (χ0v) is 18.3. The number of ether oxygens (including phenoxy) is 1. The number of rotatable bonds is 4. The molecule has 4 atom stereocenters. The summed E-state index contributed by atoms with van der Waals surface area (Å²) in [6, 6.07) is 29.2. The maximum atomic E-state index is 5.41. The van der Waals surface area contributed by atoms with Crippen molar-refractivity contribution in [2.75, 3.05) is 20.2 Å². The van der Waals surface area contributed by atoms with Gasteiger partial charge in [-0.2, -0.15) is 0 Å². The van der Waals surface area contributed by atoms with Gasteiger partial charge in [0.1, 0.15) is 5.75 Å². The first-order chi connectivity index (χ1) is 15.3. The van der Waals surface area contributed by atoms with Crippen molar-refractivity contribution >= 4 is 0 Å². The Labute approximate surface area is 185 Å². The first kappa shape index (κ1) is 19.1. The topological polar surface area (TPSA) is 12.5 Å². The van der Waals surface area contributed by atoms with Crippen molar-refractivity contribution in [3.05, 3.63) is 101 Å². The van der Waals surface area contributed by atoms with Gasteiger partial charge >= 0.3 is 0 Å². The van der Waals surface area contributed by atoms with Crippen LogP contribution in [0.15, 0.2) is 78.9 Å². The number of hydrogen-bond acceptors (Lipinski definition) is 2. The minimum absolute atomic E-state index is 0.441.